The number of aliphatic hydroxyl groups excluding tert-OH is 1. The van der Waals surface area contributed by atoms with Gasteiger partial charge in [-0.25, -0.2) is 0 Å². The number of nitrogens with two attached hydrogens (primary N) is 1. The van der Waals surface area contributed by atoms with Crippen molar-refractivity contribution < 1.29 is 14.6 Å². The molecule has 4 unspecified atom stereocenters. The SMILES string of the molecule is COC1OC(CN)C(O)C(C)[C@@H]1C. The van der Waals surface area contributed by atoms with Crippen LogP contribution in [0.3, 0.4) is 0 Å². The predicted octanol–water partition coefficient (Wildman–Crippen LogP) is -0.0505. The lowest BCUT2D eigenvalue weighted by Crippen LogP contribution is -2.52. The molecule has 0 saturated carbocycles. The van der Waals surface area contributed by atoms with E-state index in [1.807, 2.05) is 13.8 Å². The van der Waals surface area contributed by atoms with Crippen LogP contribution in [-0.2, 0) is 9.47 Å². The molecule has 0 aromatic heterocycles. The second-order valence-corrected chi connectivity index (χ2v) is 3.72. The standard InChI is InChI=1S/C9H19NO3/c1-5-6(2)9(12-3)13-7(4-10)8(5)11/h5-9,11H,4,10H2,1-3H3/t5?,6-,7?,8?,9?/m0/s1. The average Bonchev–Trinajstić information content (AvgIpc) is 2.15. The summed E-state index contributed by atoms with van der Waals surface area (Å²) in [6.07, 6.45) is -1.02. The van der Waals surface area contributed by atoms with Gasteiger partial charge in [0, 0.05) is 19.6 Å². The molecule has 0 radical (unpaired) electrons. The zero-order chi connectivity index (χ0) is 10.0. The van der Waals surface area contributed by atoms with Crippen molar-refractivity contribution >= 4 is 0 Å². The minimum atomic E-state index is -0.480. The maximum absolute atomic E-state index is 9.76. The van der Waals surface area contributed by atoms with Crippen molar-refractivity contribution in [3.63, 3.8) is 0 Å². The molecule has 0 aliphatic carbocycles. The highest BCUT2D eigenvalue weighted by atomic mass is 16.7. The van der Waals surface area contributed by atoms with Gasteiger partial charge in [-0.1, -0.05) is 13.8 Å². The second kappa shape index (κ2) is 4.37. The topological polar surface area (TPSA) is 64.7 Å². The quantitative estimate of drug-likeness (QED) is 0.639. The summed E-state index contributed by atoms with van der Waals surface area (Å²) in [6.45, 7) is 4.33. The van der Waals surface area contributed by atoms with Crippen molar-refractivity contribution in [1.82, 2.24) is 0 Å². The fourth-order valence-electron chi connectivity index (χ4n) is 1.74. The van der Waals surface area contributed by atoms with Crippen LogP contribution in [-0.4, -0.2) is 37.3 Å². The lowest BCUT2D eigenvalue weighted by Gasteiger charge is -2.41. The summed E-state index contributed by atoms with van der Waals surface area (Å²) in [5.41, 5.74) is 5.48. The van der Waals surface area contributed by atoms with Gasteiger partial charge in [0.15, 0.2) is 6.29 Å². The van der Waals surface area contributed by atoms with Gasteiger partial charge in [-0.05, 0) is 5.92 Å². The van der Waals surface area contributed by atoms with E-state index in [-0.39, 0.29) is 24.2 Å². The summed E-state index contributed by atoms with van der Waals surface area (Å²) in [7, 11) is 1.61. The van der Waals surface area contributed by atoms with Crippen LogP contribution in [0.5, 0.6) is 0 Å². The highest BCUT2D eigenvalue weighted by molar-refractivity contribution is 4.85. The van der Waals surface area contributed by atoms with E-state index in [1.165, 1.54) is 0 Å². The van der Waals surface area contributed by atoms with Gasteiger partial charge in [-0.2, -0.15) is 0 Å². The van der Waals surface area contributed by atoms with Gasteiger partial charge in [-0.15, -0.1) is 0 Å². The molecule has 0 bridgehead atoms. The van der Waals surface area contributed by atoms with Gasteiger partial charge in [0.25, 0.3) is 0 Å². The van der Waals surface area contributed by atoms with E-state index >= 15 is 0 Å². The third-order valence-electron chi connectivity index (χ3n) is 2.95. The lowest BCUT2D eigenvalue weighted by molar-refractivity contribution is -0.250. The Kier molecular flexibility index (Phi) is 3.67. The van der Waals surface area contributed by atoms with E-state index in [1.54, 1.807) is 7.11 Å². The predicted molar refractivity (Wildman–Crippen MR) is 49.1 cm³/mol. The van der Waals surface area contributed by atoms with E-state index in [0.29, 0.717) is 6.54 Å². The van der Waals surface area contributed by atoms with Gasteiger partial charge in [0.1, 0.15) is 0 Å². The second-order valence-electron chi connectivity index (χ2n) is 3.72. The number of methoxy groups -OCH3 is 1. The first kappa shape index (κ1) is 10.9. The third kappa shape index (κ3) is 2.02. The van der Waals surface area contributed by atoms with E-state index in [0.717, 1.165) is 0 Å². The van der Waals surface area contributed by atoms with Crippen molar-refractivity contribution in [2.75, 3.05) is 13.7 Å². The molecule has 1 heterocycles. The largest absolute Gasteiger partial charge is 0.390 e. The van der Waals surface area contributed by atoms with Gasteiger partial charge in [-0.3, -0.25) is 0 Å². The molecular formula is C9H19NO3. The Balaban J connectivity index is 2.66. The average molecular weight is 189 g/mol. The van der Waals surface area contributed by atoms with Crippen LogP contribution in [0.4, 0.5) is 0 Å². The zero-order valence-corrected chi connectivity index (χ0v) is 8.43. The van der Waals surface area contributed by atoms with Crippen molar-refractivity contribution in [3.05, 3.63) is 0 Å². The molecule has 0 amide bonds. The maximum atomic E-state index is 9.76. The fourth-order valence-corrected chi connectivity index (χ4v) is 1.74. The molecule has 0 aromatic carbocycles. The smallest absolute Gasteiger partial charge is 0.160 e. The Morgan fingerprint density at radius 3 is 2.46 bits per heavy atom. The molecule has 1 aliphatic rings. The van der Waals surface area contributed by atoms with Crippen LogP contribution in [0.2, 0.25) is 0 Å². The molecule has 4 heteroatoms. The summed E-state index contributed by atoms with van der Waals surface area (Å²) in [6, 6.07) is 0. The molecule has 0 spiro atoms. The van der Waals surface area contributed by atoms with Crippen LogP contribution >= 0.6 is 0 Å². The minimum Gasteiger partial charge on any atom is -0.390 e. The Labute approximate surface area is 79.0 Å². The zero-order valence-electron chi connectivity index (χ0n) is 8.43. The van der Waals surface area contributed by atoms with E-state index in [9.17, 15) is 5.11 Å². The van der Waals surface area contributed by atoms with Gasteiger partial charge in [0.05, 0.1) is 12.2 Å². The Hall–Kier alpha value is -0.160. The monoisotopic (exact) mass is 189 g/mol. The first-order valence-electron chi connectivity index (χ1n) is 4.68. The van der Waals surface area contributed by atoms with Crippen LogP contribution in [0, 0.1) is 11.8 Å². The van der Waals surface area contributed by atoms with Crippen molar-refractivity contribution in [2.24, 2.45) is 17.6 Å². The van der Waals surface area contributed by atoms with Crippen molar-refractivity contribution in [3.8, 4) is 0 Å². The number of ether oxygens (including phenoxy) is 2. The van der Waals surface area contributed by atoms with Crippen LogP contribution in [0.15, 0.2) is 0 Å². The number of rotatable bonds is 2. The highest BCUT2D eigenvalue weighted by Crippen LogP contribution is 2.30. The summed E-state index contributed by atoms with van der Waals surface area (Å²) in [4.78, 5) is 0. The Bertz CT molecular complexity index is 145. The molecule has 13 heavy (non-hydrogen) atoms. The molecule has 5 atom stereocenters. The molecule has 1 aliphatic heterocycles. The lowest BCUT2D eigenvalue weighted by atomic mass is 9.85. The summed E-state index contributed by atoms with van der Waals surface area (Å²) >= 11 is 0. The number of hydrogen-bond donors (Lipinski definition) is 2. The number of aliphatic hydroxyl groups is 1. The normalized spacial score (nSPS) is 46.4. The van der Waals surface area contributed by atoms with E-state index < -0.39 is 6.10 Å². The van der Waals surface area contributed by atoms with Crippen molar-refractivity contribution in [2.45, 2.75) is 32.3 Å². The molecule has 1 saturated heterocycles. The minimum absolute atomic E-state index is 0.159. The van der Waals surface area contributed by atoms with Gasteiger partial charge in [0.2, 0.25) is 0 Å². The Morgan fingerprint density at radius 2 is 2.00 bits per heavy atom. The molecule has 1 fully saturated rings. The molecule has 1 rings (SSSR count). The third-order valence-corrected chi connectivity index (χ3v) is 2.95. The van der Waals surface area contributed by atoms with Crippen LogP contribution < -0.4 is 5.73 Å². The van der Waals surface area contributed by atoms with E-state index in [2.05, 4.69) is 0 Å². The molecule has 4 nitrogen and oxygen atoms in total. The first-order valence-corrected chi connectivity index (χ1v) is 4.68. The summed E-state index contributed by atoms with van der Waals surface area (Å²) in [5.74, 6) is 0.357. The van der Waals surface area contributed by atoms with Gasteiger partial charge >= 0.3 is 0 Å². The summed E-state index contributed by atoms with van der Waals surface area (Å²) < 4.78 is 10.6. The molecule has 78 valence electrons. The molecule has 3 N–H and O–H groups in total. The van der Waals surface area contributed by atoms with Gasteiger partial charge < -0.3 is 20.3 Å². The van der Waals surface area contributed by atoms with Crippen molar-refractivity contribution in [1.29, 1.82) is 0 Å². The summed E-state index contributed by atoms with van der Waals surface area (Å²) in [5, 5.41) is 9.76. The first-order chi connectivity index (χ1) is 6.11. The molecule has 0 aromatic rings. The molecular weight excluding hydrogens is 170 g/mol. The fraction of sp³-hybridized carbons (Fsp3) is 1.00. The number of hydrogen-bond acceptors (Lipinski definition) is 4. The van der Waals surface area contributed by atoms with Crippen LogP contribution in [0.1, 0.15) is 13.8 Å². The van der Waals surface area contributed by atoms with E-state index in [4.69, 9.17) is 15.2 Å². The highest BCUT2D eigenvalue weighted by Gasteiger charge is 2.39. The Morgan fingerprint density at radius 1 is 1.38 bits per heavy atom. The maximum Gasteiger partial charge on any atom is 0.160 e. The van der Waals surface area contributed by atoms with Crippen LogP contribution in [0.25, 0.3) is 0 Å².